The minimum atomic E-state index is -0.366. The van der Waals surface area contributed by atoms with Crippen molar-refractivity contribution in [3.05, 3.63) is 30.5 Å². The van der Waals surface area contributed by atoms with Gasteiger partial charge in [0.1, 0.15) is 0 Å². The van der Waals surface area contributed by atoms with E-state index in [1.54, 1.807) is 6.20 Å². The van der Waals surface area contributed by atoms with E-state index in [0.29, 0.717) is 5.69 Å². The number of benzene rings is 1. The number of nitrogen functional groups attached to an aromatic ring is 1. The predicted molar refractivity (Wildman–Crippen MR) is 77.8 cm³/mol. The number of rotatable bonds is 4. The summed E-state index contributed by atoms with van der Waals surface area (Å²) >= 11 is 0. The molecule has 1 heterocycles. The lowest BCUT2D eigenvalue weighted by molar-refractivity contribution is -0.116. The Labute approximate surface area is 112 Å². The van der Waals surface area contributed by atoms with Gasteiger partial charge in [0, 0.05) is 23.3 Å². The Balaban J connectivity index is 2.60. The third kappa shape index (κ3) is 2.59. The number of pyridine rings is 1. The molecule has 0 bridgehead atoms. The van der Waals surface area contributed by atoms with Crippen molar-refractivity contribution in [3.63, 3.8) is 0 Å². The summed E-state index contributed by atoms with van der Waals surface area (Å²) in [5.41, 5.74) is 13.6. The Kier molecular flexibility index (Phi) is 3.55. The summed E-state index contributed by atoms with van der Waals surface area (Å²) < 4.78 is 0. The average Bonchev–Trinajstić information content (AvgIpc) is 2.37. The van der Waals surface area contributed by atoms with Gasteiger partial charge in [-0.3, -0.25) is 9.78 Å². The molecule has 0 spiro atoms. The first-order valence-electron chi connectivity index (χ1n) is 6.19. The van der Waals surface area contributed by atoms with E-state index in [-0.39, 0.29) is 18.5 Å². The monoisotopic (exact) mass is 258 g/mol. The number of nitrogens with zero attached hydrogens (tertiary/aromatic N) is 2. The number of aromatic nitrogens is 1. The predicted octanol–water partition coefficient (Wildman–Crippen LogP) is 1.52. The molecule has 19 heavy (non-hydrogen) atoms. The quantitative estimate of drug-likeness (QED) is 0.814. The molecular formula is C14H18N4O. The van der Waals surface area contributed by atoms with Crippen molar-refractivity contribution in [3.8, 4) is 0 Å². The SMILES string of the molecule is CC(C)N(CC(N)=O)c1ccc(N)c2cccnc12. The number of carbonyl (C=O) groups excluding carboxylic acids is 1. The third-order valence-corrected chi connectivity index (χ3v) is 3.04. The average molecular weight is 258 g/mol. The van der Waals surface area contributed by atoms with Crippen molar-refractivity contribution in [1.82, 2.24) is 4.98 Å². The lowest BCUT2D eigenvalue weighted by Gasteiger charge is -2.28. The molecule has 5 nitrogen and oxygen atoms in total. The Morgan fingerprint density at radius 2 is 2.11 bits per heavy atom. The van der Waals surface area contributed by atoms with Crippen molar-refractivity contribution >= 4 is 28.2 Å². The lowest BCUT2D eigenvalue weighted by atomic mass is 10.1. The largest absolute Gasteiger partial charge is 0.398 e. The van der Waals surface area contributed by atoms with Gasteiger partial charge in [-0.2, -0.15) is 0 Å². The van der Waals surface area contributed by atoms with Gasteiger partial charge in [0.05, 0.1) is 17.7 Å². The van der Waals surface area contributed by atoms with Gasteiger partial charge in [0.15, 0.2) is 0 Å². The first-order valence-corrected chi connectivity index (χ1v) is 6.19. The molecule has 1 amide bonds. The first-order chi connectivity index (χ1) is 9.00. The van der Waals surface area contributed by atoms with Crippen LogP contribution in [0.15, 0.2) is 30.5 Å². The second kappa shape index (κ2) is 5.14. The summed E-state index contributed by atoms with van der Waals surface area (Å²) in [7, 11) is 0. The highest BCUT2D eigenvalue weighted by molar-refractivity contribution is 5.99. The number of hydrogen-bond donors (Lipinski definition) is 2. The number of nitrogens with two attached hydrogens (primary N) is 2. The van der Waals surface area contributed by atoms with E-state index in [2.05, 4.69) is 4.98 Å². The number of carbonyl (C=O) groups is 1. The molecule has 0 unspecified atom stereocenters. The van der Waals surface area contributed by atoms with Crippen molar-refractivity contribution in [2.75, 3.05) is 17.2 Å². The van der Waals surface area contributed by atoms with Crippen molar-refractivity contribution in [2.45, 2.75) is 19.9 Å². The minimum absolute atomic E-state index is 0.140. The van der Waals surface area contributed by atoms with Gasteiger partial charge in [-0.15, -0.1) is 0 Å². The molecule has 0 aliphatic rings. The molecule has 4 N–H and O–H groups in total. The maximum absolute atomic E-state index is 11.2. The van der Waals surface area contributed by atoms with Crippen LogP contribution in [-0.4, -0.2) is 23.5 Å². The van der Waals surface area contributed by atoms with E-state index in [1.165, 1.54) is 0 Å². The van der Waals surface area contributed by atoms with Gasteiger partial charge in [-0.1, -0.05) is 0 Å². The van der Waals surface area contributed by atoms with Crippen LogP contribution in [0.5, 0.6) is 0 Å². The summed E-state index contributed by atoms with van der Waals surface area (Å²) in [6.45, 7) is 4.18. The summed E-state index contributed by atoms with van der Waals surface area (Å²) in [6, 6.07) is 7.62. The zero-order chi connectivity index (χ0) is 14.0. The van der Waals surface area contributed by atoms with Crippen molar-refractivity contribution in [2.24, 2.45) is 5.73 Å². The minimum Gasteiger partial charge on any atom is -0.398 e. The highest BCUT2D eigenvalue weighted by Gasteiger charge is 2.17. The lowest BCUT2D eigenvalue weighted by Crippen LogP contribution is -2.38. The molecule has 5 heteroatoms. The summed E-state index contributed by atoms with van der Waals surface area (Å²) in [5.74, 6) is -0.366. The summed E-state index contributed by atoms with van der Waals surface area (Å²) in [4.78, 5) is 17.5. The van der Waals surface area contributed by atoms with E-state index in [0.717, 1.165) is 16.6 Å². The molecule has 0 fully saturated rings. The van der Waals surface area contributed by atoms with Crippen LogP contribution >= 0.6 is 0 Å². The molecule has 0 radical (unpaired) electrons. The van der Waals surface area contributed by atoms with Crippen LogP contribution in [0.1, 0.15) is 13.8 Å². The van der Waals surface area contributed by atoms with Gasteiger partial charge in [0.2, 0.25) is 5.91 Å². The highest BCUT2D eigenvalue weighted by Crippen LogP contribution is 2.30. The maximum atomic E-state index is 11.2. The van der Waals surface area contributed by atoms with Crippen LogP contribution in [0.4, 0.5) is 11.4 Å². The normalized spacial score (nSPS) is 10.9. The second-order valence-corrected chi connectivity index (χ2v) is 4.76. The van der Waals surface area contributed by atoms with Gasteiger partial charge in [-0.25, -0.2) is 0 Å². The van der Waals surface area contributed by atoms with E-state index < -0.39 is 0 Å². The Morgan fingerprint density at radius 3 is 2.74 bits per heavy atom. The van der Waals surface area contributed by atoms with Crippen LogP contribution in [-0.2, 0) is 4.79 Å². The number of amides is 1. The molecule has 0 aliphatic heterocycles. The van der Waals surface area contributed by atoms with Gasteiger partial charge < -0.3 is 16.4 Å². The Bertz CT molecular complexity index is 609. The van der Waals surface area contributed by atoms with Crippen molar-refractivity contribution in [1.29, 1.82) is 0 Å². The number of anilines is 2. The molecule has 0 saturated carbocycles. The number of hydrogen-bond acceptors (Lipinski definition) is 4. The van der Waals surface area contributed by atoms with Gasteiger partial charge >= 0.3 is 0 Å². The molecule has 0 atom stereocenters. The Hall–Kier alpha value is -2.30. The van der Waals surface area contributed by atoms with E-state index in [9.17, 15) is 4.79 Å². The zero-order valence-corrected chi connectivity index (χ0v) is 11.1. The third-order valence-electron chi connectivity index (χ3n) is 3.04. The van der Waals surface area contributed by atoms with E-state index in [1.807, 2.05) is 43.0 Å². The smallest absolute Gasteiger partial charge is 0.236 e. The molecule has 100 valence electrons. The van der Waals surface area contributed by atoms with Crippen LogP contribution in [0.25, 0.3) is 10.9 Å². The molecule has 2 aromatic rings. The fraction of sp³-hybridized carbons (Fsp3) is 0.286. The van der Waals surface area contributed by atoms with Crippen LogP contribution in [0.2, 0.25) is 0 Å². The summed E-state index contributed by atoms with van der Waals surface area (Å²) in [6.07, 6.45) is 1.72. The maximum Gasteiger partial charge on any atom is 0.236 e. The van der Waals surface area contributed by atoms with Crippen LogP contribution < -0.4 is 16.4 Å². The fourth-order valence-corrected chi connectivity index (χ4v) is 2.13. The van der Waals surface area contributed by atoms with Gasteiger partial charge in [-0.05, 0) is 38.1 Å². The van der Waals surface area contributed by atoms with Crippen LogP contribution in [0.3, 0.4) is 0 Å². The molecule has 1 aromatic heterocycles. The Morgan fingerprint density at radius 1 is 1.37 bits per heavy atom. The van der Waals surface area contributed by atoms with E-state index >= 15 is 0 Å². The molecule has 2 rings (SSSR count). The van der Waals surface area contributed by atoms with E-state index in [4.69, 9.17) is 11.5 Å². The van der Waals surface area contributed by atoms with Gasteiger partial charge in [0.25, 0.3) is 0 Å². The van der Waals surface area contributed by atoms with Crippen LogP contribution in [0, 0.1) is 0 Å². The molecular weight excluding hydrogens is 240 g/mol. The second-order valence-electron chi connectivity index (χ2n) is 4.76. The number of fused-ring (bicyclic) bond motifs is 1. The molecule has 0 aliphatic carbocycles. The molecule has 0 saturated heterocycles. The zero-order valence-electron chi connectivity index (χ0n) is 11.1. The first kappa shape index (κ1) is 13.1. The molecule has 1 aromatic carbocycles. The standard InChI is InChI=1S/C14H18N4O/c1-9(2)18(8-13(16)19)12-6-5-11(15)10-4-3-7-17-14(10)12/h3-7,9H,8,15H2,1-2H3,(H2,16,19). The highest BCUT2D eigenvalue weighted by atomic mass is 16.1. The van der Waals surface area contributed by atoms with Crippen molar-refractivity contribution < 1.29 is 4.79 Å². The fourth-order valence-electron chi connectivity index (χ4n) is 2.13. The number of primary amides is 1. The topological polar surface area (TPSA) is 85.2 Å². The summed E-state index contributed by atoms with van der Waals surface area (Å²) in [5, 5.41) is 0.884.